The number of hydrogen-bond acceptors (Lipinski definition) is 5. The number of sulfonamides is 1. The van der Waals surface area contributed by atoms with Crippen molar-refractivity contribution in [1.82, 2.24) is 14.9 Å². The third-order valence-electron chi connectivity index (χ3n) is 6.97. The number of carbonyl (C=O) groups is 1. The molecule has 2 aromatic carbocycles. The summed E-state index contributed by atoms with van der Waals surface area (Å²) in [6, 6.07) is 7.38. The van der Waals surface area contributed by atoms with Gasteiger partial charge in [-0.05, 0) is 67.3 Å². The molecule has 2 N–H and O–H groups in total. The predicted octanol–water partition coefficient (Wildman–Crippen LogP) is 5.59. The average Bonchev–Trinajstić information content (AvgIpc) is 3.27. The van der Waals surface area contributed by atoms with Crippen LogP contribution in [0.1, 0.15) is 44.2 Å². The minimum absolute atomic E-state index is 0.0326. The summed E-state index contributed by atoms with van der Waals surface area (Å²) in [5.41, 5.74) is -1.75. The molecule has 15 heteroatoms. The second-order valence-corrected chi connectivity index (χ2v) is 12.1. The van der Waals surface area contributed by atoms with Gasteiger partial charge in [-0.1, -0.05) is 25.6 Å². The minimum Gasteiger partial charge on any atom is -0.355 e. The Hall–Kier alpha value is -3.46. The van der Waals surface area contributed by atoms with Gasteiger partial charge in [0.2, 0.25) is 15.9 Å². The molecule has 0 radical (unpaired) electrons. The lowest BCUT2D eigenvalue weighted by Crippen LogP contribution is -2.59. The molecule has 236 valence electrons. The summed E-state index contributed by atoms with van der Waals surface area (Å²) in [7, 11) is -4.26. The van der Waals surface area contributed by atoms with Crippen LogP contribution >= 0.6 is 0 Å². The molecule has 0 aliphatic carbocycles. The van der Waals surface area contributed by atoms with E-state index in [0.717, 1.165) is 52.8 Å². The number of aliphatic imine (C=N–C) groups is 1. The van der Waals surface area contributed by atoms with E-state index in [-0.39, 0.29) is 41.4 Å². The number of halogens is 7. The Morgan fingerprint density at radius 2 is 1.67 bits per heavy atom. The molecule has 1 aliphatic rings. The van der Waals surface area contributed by atoms with E-state index in [1.54, 1.807) is 6.92 Å². The monoisotopic (exact) mass is 636 g/mol. The zero-order valence-corrected chi connectivity index (χ0v) is 24.1. The lowest BCUT2D eigenvalue weighted by atomic mass is 9.91. The van der Waals surface area contributed by atoms with Gasteiger partial charge in [0.15, 0.2) is 0 Å². The largest absolute Gasteiger partial charge is 0.416 e. The van der Waals surface area contributed by atoms with Gasteiger partial charge >= 0.3 is 12.4 Å². The van der Waals surface area contributed by atoms with Gasteiger partial charge in [0, 0.05) is 19.6 Å². The highest BCUT2D eigenvalue weighted by molar-refractivity contribution is 7.89. The van der Waals surface area contributed by atoms with Crippen LogP contribution in [0, 0.1) is 5.82 Å². The zero-order valence-electron chi connectivity index (χ0n) is 23.3. The Morgan fingerprint density at radius 1 is 1.07 bits per heavy atom. The summed E-state index contributed by atoms with van der Waals surface area (Å²) in [6.07, 6.45) is -9.91. The van der Waals surface area contributed by atoms with Crippen molar-refractivity contribution >= 4 is 21.8 Å². The molecule has 43 heavy (non-hydrogen) atoms. The van der Waals surface area contributed by atoms with Crippen molar-refractivity contribution < 1.29 is 43.9 Å². The molecule has 2 aromatic rings. The number of hydrogen-bond donors (Lipinski definition) is 2. The van der Waals surface area contributed by atoms with Crippen LogP contribution in [0.2, 0.25) is 0 Å². The second-order valence-electron chi connectivity index (χ2n) is 10.2. The fourth-order valence-electron chi connectivity index (χ4n) is 4.46. The van der Waals surface area contributed by atoms with Crippen LogP contribution in [-0.2, 0) is 27.5 Å². The van der Waals surface area contributed by atoms with Crippen molar-refractivity contribution in [3.8, 4) is 0 Å². The first kappa shape index (κ1) is 34.0. The maximum absolute atomic E-state index is 13.5. The van der Waals surface area contributed by atoms with Crippen molar-refractivity contribution in [3.63, 3.8) is 0 Å². The Bertz CT molecular complexity index is 1440. The number of amides is 1. The highest BCUT2D eigenvalue weighted by Gasteiger charge is 2.46. The number of nitrogens with one attached hydrogen (secondary N) is 2. The molecule has 0 saturated carbocycles. The molecule has 1 heterocycles. The second kappa shape index (κ2) is 13.0. The van der Waals surface area contributed by atoms with Crippen LogP contribution in [0.15, 0.2) is 70.6 Å². The van der Waals surface area contributed by atoms with Gasteiger partial charge in [-0.25, -0.2) is 12.8 Å². The van der Waals surface area contributed by atoms with Crippen molar-refractivity contribution in [1.29, 1.82) is 0 Å². The Kier molecular flexibility index (Phi) is 10.3. The summed E-state index contributed by atoms with van der Waals surface area (Å²) < 4.78 is 118. The Labute approximate surface area is 244 Å². The smallest absolute Gasteiger partial charge is 0.355 e. The van der Waals surface area contributed by atoms with Gasteiger partial charge in [0.05, 0.1) is 22.9 Å². The SMILES string of the molecule is C=C(CCN(Cc1ccc(C(F)(F)F)cc1)S(=O)(=O)c1ccc(F)cc1)C1=N[C@H](CC)[C@](C)(C(=O)NCCC(F)(F)F)N1. The van der Waals surface area contributed by atoms with Crippen LogP contribution in [0.4, 0.5) is 30.7 Å². The van der Waals surface area contributed by atoms with E-state index in [1.807, 2.05) is 0 Å². The number of benzene rings is 2. The molecule has 0 aromatic heterocycles. The molecular weight excluding hydrogens is 605 g/mol. The number of alkyl halides is 6. The van der Waals surface area contributed by atoms with E-state index < -0.39 is 64.2 Å². The van der Waals surface area contributed by atoms with Crippen molar-refractivity contribution in [2.45, 2.75) is 68.5 Å². The van der Waals surface area contributed by atoms with Gasteiger partial charge in [-0.15, -0.1) is 0 Å². The molecule has 2 atom stereocenters. The molecule has 7 nitrogen and oxygen atoms in total. The number of amidine groups is 1. The van der Waals surface area contributed by atoms with Gasteiger partial charge in [0.1, 0.15) is 17.2 Å². The first-order chi connectivity index (χ1) is 19.9. The maximum atomic E-state index is 13.5. The lowest BCUT2D eigenvalue weighted by Gasteiger charge is -2.29. The van der Waals surface area contributed by atoms with Gasteiger partial charge < -0.3 is 10.6 Å². The van der Waals surface area contributed by atoms with Crippen molar-refractivity contribution in [2.75, 3.05) is 13.1 Å². The Morgan fingerprint density at radius 3 is 2.21 bits per heavy atom. The molecule has 1 amide bonds. The van der Waals surface area contributed by atoms with Crippen molar-refractivity contribution in [3.05, 3.63) is 77.6 Å². The first-order valence-corrected chi connectivity index (χ1v) is 14.6. The summed E-state index contributed by atoms with van der Waals surface area (Å²) in [5, 5.41) is 5.20. The van der Waals surface area contributed by atoms with Gasteiger partial charge in [-0.2, -0.15) is 30.6 Å². The average molecular weight is 637 g/mol. The highest BCUT2D eigenvalue weighted by atomic mass is 32.2. The van der Waals surface area contributed by atoms with E-state index in [4.69, 9.17) is 0 Å². The summed E-state index contributed by atoms with van der Waals surface area (Å²) >= 11 is 0. The highest BCUT2D eigenvalue weighted by Crippen LogP contribution is 2.30. The maximum Gasteiger partial charge on any atom is 0.416 e. The van der Waals surface area contributed by atoms with E-state index in [1.165, 1.54) is 6.92 Å². The zero-order chi connectivity index (χ0) is 32.2. The molecule has 1 aliphatic heterocycles. The predicted molar refractivity (Wildman–Crippen MR) is 146 cm³/mol. The Balaban J connectivity index is 1.79. The van der Waals surface area contributed by atoms with Crippen LogP contribution in [0.5, 0.6) is 0 Å². The lowest BCUT2D eigenvalue weighted by molar-refractivity contribution is -0.138. The van der Waals surface area contributed by atoms with Gasteiger partial charge in [0.25, 0.3) is 0 Å². The quantitative estimate of drug-likeness (QED) is 0.298. The summed E-state index contributed by atoms with van der Waals surface area (Å²) in [6.45, 7) is 6.02. The molecule has 0 spiro atoms. The number of carbonyl (C=O) groups excluding carboxylic acids is 1. The molecule has 0 bridgehead atoms. The minimum atomic E-state index is -4.58. The summed E-state index contributed by atoms with van der Waals surface area (Å²) in [4.78, 5) is 17.1. The topological polar surface area (TPSA) is 90.9 Å². The molecule has 0 saturated heterocycles. The number of rotatable bonds is 12. The third kappa shape index (κ3) is 8.56. The van der Waals surface area contributed by atoms with E-state index >= 15 is 0 Å². The van der Waals surface area contributed by atoms with Crippen LogP contribution in [0.25, 0.3) is 0 Å². The molecule has 0 unspecified atom stereocenters. The summed E-state index contributed by atoms with van der Waals surface area (Å²) in [5.74, 6) is -1.19. The van der Waals surface area contributed by atoms with Crippen LogP contribution in [0.3, 0.4) is 0 Å². The fourth-order valence-corrected chi connectivity index (χ4v) is 5.88. The molecule has 0 fully saturated rings. The third-order valence-corrected chi connectivity index (χ3v) is 8.83. The fraction of sp³-hybridized carbons (Fsp3) is 0.429. The van der Waals surface area contributed by atoms with Gasteiger partial charge in [-0.3, -0.25) is 9.79 Å². The van der Waals surface area contributed by atoms with Crippen LogP contribution in [-0.4, -0.2) is 55.3 Å². The van der Waals surface area contributed by atoms with E-state index in [0.29, 0.717) is 6.42 Å². The normalized spacial score (nSPS) is 19.2. The van der Waals surface area contributed by atoms with E-state index in [9.17, 15) is 43.9 Å². The van der Waals surface area contributed by atoms with E-state index in [2.05, 4.69) is 22.2 Å². The standard InChI is InChI=1S/C28H31F7N4O3S/c1-4-23-26(3,25(40)36-15-14-27(30,31)32)38-24(37-23)18(2)13-16-39(43(41,42)22-11-9-21(29)10-12-22)17-19-5-7-20(8-6-19)28(33,34)35/h5-12,23H,2,4,13-17H2,1,3H3,(H,36,40)(H,37,38)/t23-,26-/m1/s1. The molecular formula is C28H31F7N4O3S. The molecule has 3 rings (SSSR count). The first-order valence-electron chi connectivity index (χ1n) is 13.2. The number of nitrogens with zero attached hydrogens (tertiary/aromatic N) is 2. The van der Waals surface area contributed by atoms with Crippen LogP contribution < -0.4 is 10.6 Å². The van der Waals surface area contributed by atoms with Crippen molar-refractivity contribution in [2.24, 2.45) is 4.99 Å².